The molecular weight excluding hydrogens is 316 g/mol. The Morgan fingerprint density at radius 1 is 1.20 bits per heavy atom. The van der Waals surface area contributed by atoms with E-state index in [0.29, 0.717) is 6.54 Å². The molecule has 0 saturated carbocycles. The molecule has 5 heterocycles. The van der Waals surface area contributed by atoms with E-state index in [1.807, 2.05) is 29.2 Å². The van der Waals surface area contributed by atoms with E-state index >= 15 is 0 Å². The molecule has 2 aromatic heterocycles. The number of hydrogen-bond acceptors (Lipinski definition) is 5. The smallest absolute Gasteiger partial charge is 0.227 e. The van der Waals surface area contributed by atoms with Crippen LogP contribution in [0.4, 0.5) is 0 Å². The summed E-state index contributed by atoms with van der Waals surface area (Å²) in [6.07, 6.45) is 4.72. The molecule has 25 heavy (non-hydrogen) atoms. The molecule has 2 bridgehead atoms. The molecule has 0 unspecified atom stereocenters. The van der Waals surface area contributed by atoms with E-state index in [1.165, 1.54) is 0 Å². The van der Waals surface area contributed by atoms with E-state index < -0.39 is 0 Å². The molecule has 132 valence electrons. The summed E-state index contributed by atoms with van der Waals surface area (Å²) in [5.74, 6) is 1.24. The maximum absolute atomic E-state index is 12.9. The predicted octanol–water partition coefficient (Wildman–Crippen LogP) is 2.25. The Morgan fingerprint density at radius 3 is 2.88 bits per heavy atom. The molecule has 2 atom stereocenters. The van der Waals surface area contributed by atoms with Crippen molar-refractivity contribution >= 4 is 5.91 Å². The number of fused-ring (bicyclic) bond motifs is 4. The lowest BCUT2D eigenvalue weighted by molar-refractivity contribution is -0.140. The number of carbonyl (C=O) groups excluding carboxylic acids is 1. The highest BCUT2D eigenvalue weighted by atomic mass is 16.5. The van der Waals surface area contributed by atoms with Crippen LogP contribution in [0.15, 0.2) is 35.0 Å². The molecule has 6 nitrogen and oxygen atoms in total. The van der Waals surface area contributed by atoms with E-state index in [0.717, 1.165) is 56.0 Å². The second kappa shape index (κ2) is 6.96. The fraction of sp³-hybridized carbons (Fsp3) is 0.526. The van der Waals surface area contributed by atoms with Crippen molar-refractivity contribution in [1.82, 2.24) is 19.9 Å². The Kier molecular flexibility index (Phi) is 4.53. The van der Waals surface area contributed by atoms with Gasteiger partial charge in [-0.15, -0.1) is 0 Å². The summed E-state index contributed by atoms with van der Waals surface area (Å²) in [4.78, 5) is 21.7. The quantitative estimate of drug-likeness (QED) is 0.835. The number of hydrogen-bond donors (Lipinski definition) is 0. The molecule has 0 N–H and O–H groups in total. The molecule has 2 aromatic rings. The second-order valence-electron chi connectivity index (χ2n) is 7.05. The number of nitrogens with zero attached hydrogens (tertiary/aromatic N) is 4. The number of aryl methyl sites for hydroxylation is 1. The van der Waals surface area contributed by atoms with Gasteiger partial charge in [0.05, 0.1) is 30.4 Å². The van der Waals surface area contributed by atoms with Gasteiger partial charge in [-0.2, -0.15) is 0 Å². The first kappa shape index (κ1) is 16.3. The van der Waals surface area contributed by atoms with Crippen LogP contribution in [0.5, 0.6) is 0 Å². The van der Waals surface area contributed by atoms with Crippen LogP contribution >= 0.6 is 0 Å². The zero-order valence-electron chi connectivity index (χ0n) is 14.6. The van der Waals surface area contributed by atoms with Crippen molar-refractivity contribution in [3.63, 3.8) is 0 Å². The van der Waals surface area contributed by atoms with Gasteiger partial charge in [0.25, 0.3) is 0 Å². The minimum absolute atomic E-state index is 0.0797. The molecule has 0 radical (unpaired) electrons. The molecule has 0 aliphatic carbocycles. The van der Waals surface area contributed by atoms with Crippen molar-refractivity contribution in [2.24, 2.45) is 5.92 Å². The van der Waals surface area contributed by atoms with Crippen molar-refractivity contribution in [2.45, 2.75) is 45.3 Å². The van der Waals surface area contributed by atoms with Crippen LogP contribution in [-0.4, -0.2) is 45.0 Å². The SMILES string of the molecule is CCc1cc(CN2C[C@H]3CC[C@@H](C2)N(Cc2ccccn2)C3=O)on1. The Balaban J connectivity index is 1.48. The molecule has 0 spiro atoms. The molecule has 3 saturated heterocycles. The third kappa shape index (κ3) is 3.44. The minimum atomic E-state index is 0.0797. The second-order valence-corrected chi connectivity index (χ2v) is 7.05. The first-order valence-corrected chi connectivity index (χ1v) is 9.10. The normalized spacial score (nSPS) is 23.9. The van der Waals surface area contributed by atoms with Gasteiger partial charge >= 0.3 is 0 Å². The van der Waals surface area contributed by atoms with Gasteiger partial charge in [-0.25, -0.2) is 0 Å². The van der Waals surface area contributed by atoms with Crippen molar-refractivity contribution in [3.8, 4) is 0 Å². The first-order valence-electron chi connectivity index (χ1n) is 9.10. The first-order chi connectivity index (χ1) is 12.2. The lowest BCUT2D eigenvalue weighted by Crippen LogP contribution is -2.47. The van der Waals surface area contributed by atoms with Crippen molar-refractivity contribution in [3.05, 3.63) is 47.6 Å². The van der Waals surface area contributed by atoms with Crippen molar-refractivity contribution in [2.75, 3.05) is 13.1 Å². The van der Waals surface area contributed by atoms with Gasteiger partial charge in [-0.1, -0.05) is 18.1 Å². The zero-order valence-corrected chi connectivity index (χ0v) is 14.6. The van der Waals surface area contributed by atoms with Gasteiger partial charge in [0.15, 0.2) is 5.76 Å². The Morgan fingerprint density at radius 2 is 2.12 bits per heavy atom. The van der Waals surface area contributed by atoms with E-state index in [2.05, 4.69) is 22.0 Å². The highest BCUT2D eigenvalue weighted by molar-refractivity contribution is 5.80. The number of carbonyl (C=O) groups is 1. The van der Waals surface area contributed by atoms with Crippen LogP contribution in [0.1, 0.15) is 36.9 Å². The molecule has 0 aromatic carbocycles. The summed E-state index contributed by atoms with van der Waals surface area (Å²) in [6, 6.07) is 8.15. The number of pyridine rings is 1. The van der Waals surface area contributed by atoms with Crippen LogP contribution in [0.2, 0.25) is 0 Å². The lowest BCUT2D eigenvalue weighted by atomic mass is 9.94. The monoisotopic (exact) mass is 340 g/mol. The van der Waals surface area contributed by atoms with E-state index in [1.54, 1.807) is 6.20 Å². The number of aromatic nitrogens is 2. The standard InChI is InChI=1S/C19H24N4O2/c1-2-15-9-18(25-21-15)13-22-10-14-6-7-17(12-22)23(19(14)24)11-16-5-3-4-8-20-16/h3-5,8-9,14,17H,2,6-7,10-13H2,1H3/t14-,17+/m1/s1. The van der Waals surface area contributed by atoms with Crippen LogP contribution in [0.3, 0.4) is 0 Å². The van der Waals surface area contributed by atoms with E-state index in [-0.39, 0.29) is 17.9 Å². The Bertz CT molecular complexity index is 730. The average molecular weight is 340 g/mol. The number of amides is 1. The van der Waals surface area contributed by atoms with Gasteiger partial charge in [0.1, 0.15) is 0 Å². The van der Waals surface area contributed by atoms with Crippen molar-refractivity contribution in [1.29, 1.82) is 0 Å². The summed E-state index contributed by atoms with van der Waals surface area (Å²) in [5, 5.41) is 4.08. The lowest BCUT2D eigenvalue weighted by Gasteiger charge is -2.35. The maximum atomic E-state index is 12.9. The summed E-state index contributed by atoms with van der Waals surface area (Å²) < 4.78 is 5.44. The summed E-state index contributed by atoms with van der Waals surface area (Å²) >= 11 is 0. The molecule has 3 aliphatic heterocycles. The van der Waals surface area contributed by atoms with Crippen LogP contribution in [-0.2, 0) is 24.3 Å². The number of piperidine rings is 1. The molecule has 6 heteroatoms. The van der Waals surface area contributed by atoms with Gasteiger partial charge in [-0.3, -0.25) is 14.7 Å². The molecule has 1 amide bonds. The highest BCUT2D eigenvalue weighted by Crippen LogP contribution is 2.30. The van der Waals surface area contributed by atoms with Crippen LogP contribution < -0.4 is 0 Å². The van der Waals surface area contributed by atoms with Crippen LogP contribution in [0, 0.1) is 5.92 Å². The van der Waals surface area contributed by atoms with Gasteiger partial charge in [-0.05, 0) is 31.4 Å². The molecular formula is C19H24N4O2. The largest absolute Gasteiger partial charge is 0.360 e. The fourth-order valence-electron chi connectivity index (χ4n) is 3.95. The Hall–Kier alpha value is -2.21. The highest BCUT2D eigenvalue weighted by Gasteiger charge is 2.40. The molecule has 3 fully saturated rings. The number of rotatable bonds is 5. The van der Waals surface area contributed by atoms with E-state index in [9.17, 15) is 4.79 Å². The maximum Gasteiger partial charge on any atom is 0.227 e. The topological polar surface area (TPSA) is 62.5 Å². The van der Waals surface area contributed by atoms with Crippen LogP contribution in [0.25, 0.3) is 0 Å². The summed E-state index contributed by atoms with van der Waals surface area (Å²) in [6.45, 7) is 5.09. The average Bonchev–Trinajstić information content (AvgIpc) is 2.93. The third-order valence-electron chi connectivity index (χ3n) is 5.28. The molecule has 3 aliphatic rings. The third-order valence-corrected chi connectivity index (χ3v) is 5.28. The van der Waals surface area contributed by atoms with Crippen molar-refractivity contribution < 1.29 is 9.32 Å². The predicted molar refractivity (Wildman–Crippen MR) is 92.5 cm³/mol. The van der Waals surface area contributed by atoms with E-state index in [4.69, 9.17) is 4.52 Å². The summed E-state index contributed by atoms with van der Waals surface area (Å²) in [7, 11) is 0. The minimum Gasteiger partial charge on any atom is -0.360 e. The van der Waals surface area contributed by atoms with Gasteiger partial charge in [0.2, 0.25) is 5.91 Å². The van der Waals surface area contributed by atoms with Gasteiger partial charge < -0.3 is 9.42 Å². The Labute approximate surface area is 147 Å². The zero-order chi connectivity index (χ0) is 17.2. The summed E-state index contributed by atoms with van der Waals surface area (Å²) in [5.41, 5.74) is 1.94. The van der Waals surface area contributed by atoms with Gasteiger partial charge in [0, 0.05) is 31.4 Å². The fourth-order valence-corrected chi connectivity index (χ4v) is 3.95. The molecule has 5 rings (SSSR count).